The first-order chi connectivity index (χ1) is 15.7. The van der Waals surface area contributed by atoms with E-state index in [1.165, 1.54) is 12.8 Å². The van der Waals surface area contributed by atoms with E-state index in [1.807, 2.05) is 30.3 Å². The van der Waals surface area contributed by atoms with Crippen LogP contribution < -0.4 is 15.6 Å². The largest absolute Gasteiger partial charge is 0.494 e. The maximum Gasteiger partial charge on any atom is 0.269 e. The van der Waals surface area contributed by atoms with E-state index in [4.69, 9.17) is 9.15 Å². The van der Waals surface area contributed by atoms with Crippen LogP contribution in [0.1, 0.15) is 55.3 Å². The fourth-order valence-corrected chi connectivity index (χ4v) is 3.06. The first kappa shape index (κ1) is 23.1. The van der Waals surface area contributed by atoms with Crippen molar-refractivity contribution >= 4 is 11.8 Å². The van der Waals surface area contributed by atoms with Gasteiger partial charge in [0.05, 0.1) is 12.8 Å². The normalized spacial score (nSPS) is 10.5. The van der Waals surface area contributed by atoms with Gasteiger partial charge in [0, 0.05) is 24.0 Å². The lowest BCUT2D eigenvalue weighted by Gasteiger charge is -2.09. The van der Waals surface area contributed by atoms with Crippen molar-refractivity contribution < 1.29 is 18.7 Å². The van der Waals surface area contributed by atoms with Crippen molar-refractivity contribution in [2.24, 2.45) is 0 Å². The zero-order valence-corrected chi connectivity index (χ0v) is 18.3. The lowest BCUT2D eigenvalue weighted by atomic mass is 10.2. The molecule has 0 aliphatic rings. The van der Waals surface area contributed by atoms with Crippen LogP contribution in [-0.4, -0.2) is 23.4 Å². The van der Waals surface area contributed by atoms with Gasteiger partial charge in [-0.3, -0.25) is 20.4 Å². The van der Waals surface area contributed by atoms with Gasteiger partial charge in [-0.15, -0.1) is 0 Å². The Bertz CT molecular complexity index is 984. The van der Waals surface area contributed by atoms with E-state index < -0.39 is 5.91 Å². The quantitative estimate of drug-likeness (QED) is 0.336. The van der Waals surface area contributed by atoms with Gasteiger partial charge in [0.25, 0.3) is 5.91 Å². The number of carbonyl (C=O) groups is 2. The molecule has 0 spiro atoms. The number of hydrogen-bond donors (Lipinski definition) is 2. The summed E-state index contributed by atoms with van der Waals surface area (Å²) in [6.07, 6.45) is 6.68. The minimum Gasteiger partial charge on any atom is -0.494 e. The molecule has 32 heavy (non-hydrogen) atoms. The summed E-state index contributed by atoms with van der Waals surface area (Å²) in [5, 5.41) is 0. The summed E-state index contributed by atoms with van der Waals surface area (Å²) >= 11 is 0. The molecular weight excluding hydrogens is 406 g/mol. The molecule has 3 aromatic rings. The Kier molecular flexibility index (Phi) is 8.86. The smallest absolute Gasteiger partial charge is 0.269 e. The van der Waals surface area contributed by atoms with Crippen LogP contribution in [0.5, 0.6) is 5.75 Å². The molecule has 7 nitrogen and oxygen atoms in total. The van der Waals surface area contributed by atoms with Crippen molar-refractivity contribution in [1.82, 2.24) is 15.8 Å². The van der Waals surface area contributed by atoms with E-state index >= 15 is 0 Å². The molecular formula is C25H29N3O4. The monoisotopic (exact) mass is 435 g/mol. The molecule has 1 aromatic heterocycles. The van der Waals surface area contributed by atoms with Crippen molar-refractivity contribution in [3.63, 3.8) is 0 Å². The molecule has 0 saturated carbocycles. The van der Waals surface area contributed by atoms with Crippen LogP contribution in [0.4, 0.5) is 0 Å². The van der Waals surface area contributed by atoms with Gasteiger partial charge >= 0.3 is 0 Å². The van der Waals surface area contributed by atoms with Gasteiger partial charge in [0.2, 0.25) is 5.91 Å². The van der Waals surface area contributed by atoms with Crippen LogP contribution in [0.2, 0.25) is 0 Å². The van der Waals surface area contributed by atoms with E-state index in [1.54, 1.807) is 30.5 Å². The Balaban J connectivity index is 1.37. The number of benzene rings is 2. The maximum atomic E-state index is 12.2. The highest BCUT2D eigenvalue weighted by molar-refractivity contribution is 5.95. The Morgan fingerprint density at radius 1 is 0.969 bits per heavy atom. The number of aromatic nitrogens is 1. The number of aryl methyl sites for hydroxylation is 1. The summed E-state index contributed by atoms with van der Waals surface area (Å²) in [4.78, 5) is 28.5. The van der Waals surface area contributed by atoms with Crippen molar-refractivity contribution in [2.75, 3.05) is 6.61 Å². The molecule has 168 valence electrons. The Labute approximate surface area is 188 Å². The van der Waals surface area contributed by atoms with E-state index in [0.717, 1.165) is 24.2 Å². The number of rotatable bonds is 11. The molecule has 0 unspecified atom stereocenters. The number of ether oxygens (including phenoxy) is 1. The van der Waals surface area contributed by atoms with Crippen molar-refractivity contribution in [1.29, 1.82) is 0 Å². The fourth-order valence-electron chi connectivity index (χ4n) is 3.06. The molecule has 1 heterocycles. The van der Waals surface area contributed by atoms with Crippen molar-refractivity contribution in [2.45, 2.75) is 45.4 Å². The molecule has 7 heteroatoms. The molecule has 0 aliphatic heterocycles. The SMILES string of the molecule is CCCCCCOc1ccc(C(=O)NNC(=O)CCc2ncc(-c3ccccc3)o2)cc1. The number of carbonyl (C=O) groups excluding carboxylic acids is 2. The lowest BCUT2D eigenvalue weighted by molar-refractivity contribution is -0.121. The third-order valence-corrected chi connectivity index (χ3v) is 4.88. The van der Waals surface area contributed by atoms with Crippen LogP contribution in [0.25, 0.3) is 11.3 Å². The maximum absolute atomic E-state index is 12.2. The topological polar surface area (TPSA) is 93.5 Å². The second-order valence-corrected chi connectivity index (χ2v) is 7.42. The van der Waals surface area contributed by atoms with Crippen molar-refractivity contribution in [3.05, 3.63) is 72.2 Å². The third kappa shape index (κ3) is 7.27. The molecule has 3 rings (SSSR count). The minimum absolute atomic E-state index is 0.139. The van der Waals surface area contributed by atoms with Crippen LogP contribution in [0.15, 0.2) is 65.2 Å². The highest BCUT2D eigenvalue weighted by Gasteiger charge is 2.11. The van der Waals surface area contributed by atoms with Gasteiger partial charge in [0.15, 0.2) is 11.7 Å². The Hall–Kier alpha value is -3.61. The number of nitrogens with one attached hydrogen (secondary N) is 2. The lowest BCUT2D eigenvalue weighted by Crippen LogP contribution is -2.41. The zero-order chi connectivity index (χ0) is 22.6. The van der Waals surface area contributed by atoms with Gasteiger partial charge in [0.1, 0.15) is 5.75 Å². The minimum atomic E-state index is -0.393. The summed E-state index contributed by atoms with van der Waals surface area (Å²) in [5.74, 6) is 1.13. The average molecular weight is 436 g/mol. The third-order valence-electron chi connectivity index (χ3n) is 4.88. The molecule has 2 N–H and O–H groups in total. The van der Waals surface area contributed by atoms with Gasteiger partial charge in [-0.2, -0.15) is 0 Å². The summed E-state index contributed by atoms with van der Waals surface area (Å²) in [6.45, 7) is 2.84. The van der Waals surface area contributed by atoms with E-state index in [-0.39, 0.29) is 12.3 Å². The van der Waals surface area contributed by atoms with Crippen molar-refractivity contribution in [3.8, 4) is 17.1 Å². The number of hydrogen-bond acceptors (Lipinski definition) is 5. The number of nitrogens with zero attached hydrogens (tertiary/aromatic N) is 1. The predicted molar refractivity (Wildman–Crippen MR) is 122 cm³/mol. The number of hydrazine groups is 1. The standard InChI is InChI=1S/C25H29N3O4/c1-2-3-4-8-17-31-21-13-11-20(12-14-21)25(30)28-27-23(29)15-16-24-26-18-22(32-24)19-9-6-5-7-10-19/h5-7,9-14,18H,2-4,8,15-17H2,1H3,(H,27,29)(H,28,30). The molecule has 0 aliphatic carbocycles. The summed E-state index contributed by atoms with van der Waals surface area (Å²) in [5.41, 5.74) is 6.20. The predicted octanol–water partition coefficient (Wildman–Crippen LogP) is 4.69. The van der Waals surface area contributed by atoms with E-state index in [0.29, 0.717) is 30.2 Å². The highest BCUT2D eigenvalue weighted by atomic mass is 16.5. The second kappa shape index (κ2) is 12.3. The first-order valence-electron chi connectivity index (χ1n) is 11.0. The molecule has 0 atom stereocenters. The molecule has 0 saturated heterocycles. The second-order valence-electron chi connectivity index (χ2n) is 7.42. The van der Waals surface area contributed by atoms with Gasteiger partial charge in [-0.1, -0.05) is 56.5 Å². The number of unbranched alkanes of at least 4 members (excludes halogenated alkanes) is 3. The molecule has 0 bridgehead atoms. The van der Waals surface area contributed by atoms with Gasteiger partial charge < -0.3 is 9.15 Å². The average Bonchev–Trinajstić information content (AvgIpc) is 3.31. The van der Waals surface area contributed by atoms with Crippen LogP contribution >= 0.6 is 0 Å². The summed E-state index contributed by atoms with van der Waals surface area (Å²) in [6, 6.07) is 16.5. The van der Waals surface area contributed by atoms with Crippen LogP contribution in [-0.2, 0) is 11.2 Å². The van der Waals surface area contributed by atoms with Gasteiger partial charge in [-0.25, -0.2) is 4.98 Å². The highest BCUT2D eigenvalue weighted by Crippen LogP contribution is 2.20. The number of amides is 2. The fraction of sp³-hybridized carbons (Fsp3) is 0.320. The van der Waals surface area contributed by atoms with Crippen LogP contribution in [0, 0.1) is 0 Å². The van der Waals surface area contributed by atoms with E-state index in [2.05, 4.69) is 22.8 Å². The molecule has 2 amide bonds. The molecule has 2 aromatic carbocycles. The number of oxazole rings is 1. The Morgan fingerprint density at radius 3 is 2.50 bits per heavy atom. The zero-order valence-electron chi connectivity index (χ0n) is 18.3. The Morgan fingerprint density at radius 2 is 1.75 bits per heavy atom. The van der Waals surface area contributed by atoms with Gasteiger partial charge in [-0.05, 0) is 30.7 Å². The van der Waals surface area contributed by atoms with Crippen LogP contribution in [0.3, 0.4) is 0 Å². The summed E-state index contributed by atoms with van der Waals surface area (Å²) < 4.78 is 11.4. The van der Waals surface area contributed by atoms with E-state index in [9.17, 15) is 9.59 Å². The molecule has 0 radical (unpaired) electrons. The first-order valence-corrected chi connectivity index (χ1v) is 11.0. The summed E-state index contributed by atoms with van der Waals surface area (Å²) in [7, 11) is 0. The molecule has 0 fully saturated rings.